The minimum absolute atomic E-state index is 0.00947. The lowest BCUT2D eigenvalue weighted by Gasteiger charge is -2.33. The first-order valence-electron chi connectivity index (χ1n) is 14.3. The molecule has 0 aliphatic heterocycles. The monoisotopic (exact) mass is 671 g/mol. The van der Waals surface area contributed by atoms with E-state index in [0.29, 0.717) is 5.75 Å². The highest BCUT2D eigenvalue weighted by molar-refractivity contribution is 9.10. The van der Waals surface area contributed by atoms with Gasteiger partial charge in [0.05, 0.1) is 24.8 Å². The van der Waals surface area contributed by atoms with E-state index in [0.717, 1.165) is 46.4 Å². The molecule has 11 heteroatoms. The number of carbonyl (C=O) groups excluding carboxylic acids is 2. The van der Waals surface area contributed by atoms with Gasteiger partial charge in [0.15, 0.2) is 0 Å². The second-order valence-corrected chi connectivity index (χ2v) is 13.3. The molecule has 1 N–H and O–H groups in total. The minimum Gasteiger partial charge on any atom is -0.497 e. The third-order valence-electron chi connectivity index (χ3n) is 7.65. The van der Waals surface area contributed by atoms with Crippen molar-refractivity contribution in [1.82, 2.24) is 10.2 Å². The van der Waals surface area contributed by atoms with E-state index in [1.165, 1.54) is 37.3 Å². The smallest absolute Gasteiger partial charge is 0.264 e. The molecule has 1 aliphatic rings. The average Bonchev–Trinajstić information content (AvgIpc) is 3.03. The summed E-state index contributed by atoms with van der Waals surface area (Å²) in [5.41, 5.74) is 0.937. The van der Waals surface area contributed by atoms with E-state index >= 15 is 0 Å². The van der Waals surface area contributed by atoms with Crippen LogP contribution in [0.4, 0.5) is 5.69 Å². The minimum atomic E-state index is -4.24. The van der Waals surface area contributed by atoms with Crippen LogP contribution in [0.2, 0.25) is 0 Å². The number of carbonyl (C=O) groups is 2. The number of ether oxygens (including phenoxy) is 2. The average molecular weight is 673 g/mol. The number of halogens is 1. The fourth-order valence-corrected chi connectivity index (χ4v) is 6.86. The summed E-state index contributed by atoms with van der Waals surface area (Å²) in [5, 5.41) is 3.11. The van der Waals surface area contributed by atoms with E-state index < -0.39 is 28.5 Å². The number of anilines is 1. The highest BCUT2D eigenvalue weighted by Crippen LogP contribution is 2.36. The standard InChI is InChI=1S/C32H38BrN3O6S/c1-23(32(38)34-26-10-6-4-7-11-26)35(21-24-14-16-25(33)17-15-24)31(37)22-36(43(39,40)28-12-8-5-9-13-28)29-20-27(41-2)18-19-30(29)42-3/h5,8-9,12-20,23,26H,4,6-7,10-11,21-22H2,1-3H3,(H,34,38)/t23-/m0/s1. The fraction of sp³-hybridized carbons (Fsp3) is 0.375. The molecule has 1 fully saturated rings. The van der Waals surface area contributed by atoms with Crippen LogP contribution >= 0.6 is 15.9 Å². The Morgan fingerprint density at radius 1 is 0.953 bits per heavy atom. The Balaban J connectivity index is 1.73. The van der Waals surface area contributed by atoms with E-state index in [-0.39, 0.29) is 34.8 Å². The molecule has 0 spiro atoms. The van der Waals surface area contributed by atoms with Crippen LogP contribution in [0, 0.1) is 0 Å². The molecule has 1 saturated carbocycles. The van der Waals surface area contributed by atoms with Crippen molar-refractivity contribution >= 4 is 43.5 Å². The zero-order valence-electron chi connectivity index (χ0n) is 24.7. The fourth-order valence-electron chi connectivity index (χ4n) is 5.16. The molecule has 4 rings (SSSR count). The zero-order chi connectivity index (χ0) is 31.0. The van der Waals surface area contributed by atoms with Crippen LogP contribution in [0.25, 0.3) is 0 Å². The second kappa shape index (κ2) is 14.7. The number of hydrogen-bond donors (Lipinski definition) is 1. The number of hydrogen-bond acceptors (Lipinski definition) is 6. The van der Waals surface area contributed by atoms with E-state index in [9.17, 15) is 18.0 Å². The molecule has 9 nitrogen and oxygen atoms in total. The van der Waals surface area contributed by atoms with Crippen LogP contribution in [0.1, 0.15) is 44.6 Å². The maximum Gasteiger partial charge on any atom is 0.264 e. The first kappa shape index (κ1) is 32.3. The number of nitrogens with zero attached hydrogens (tertiary/aromatic N) is 2. The molecule has 3 aromatic rings. The molecule has 0 unspecified atom stereocenters. The van der Waals surface area contributed by atoms with Gasteiger partial charge in [0.1, 0.15) is 24.1 Å². The lowest BCUT2D eigenvalue weighted by molar-refractivity contribution is -0.139. The Labute approximate surface area is 262 Å². The Bertz CT molecular complexity index is 1500. The van der Waals surface area contributed by atoms with Crippen LogP contribution in [0.5, 0.6) is 11.5 Å². The predicted octanol–water partition coefficient (Wildman–Crippen LogP) is 5.53. The van der Waals surface area contributed by atoms with Gasteiger partial charge in [0.2, 0.25) is 11.8 Å². The van der Waals surface area contributed by atoms with Crippen LogP contribution in [-0.2, 0) is 26.2 Å². The summed E-state index contributed by atoms with van der Waals surface area (Å²) in [4.78, 5) is 29.1. The number of amides is 2. The van der Waals surface area contributed by atoms with Crippen molar-refractivity contribution in [2.45, 2.75) is 62.6 Å². The third-order valence-corrected chi connectivity index (χ3v) is 9.95. The molecule has 3 aromatic carbocycles. The first-order valence-corrected chi connectivity index (χ1v) is 16.5. The number of methoxy groups -OCH3 is 2. The summed E-state index contributed by atoms with van der Waals surface area (Å²) in [5.74, 6) is -0.175. The van der Waals surface area contributed by atoms with Crippen LogP contribution in [0.15, 0.2) is 82.2 Å². The normalized spacial score (nSPS) is 14.4. The van der Waals surface area contributed by atoms with Gasteiger partial charge < -0.3 is 19.7 Å². The first-order chi connectivity index (χ1) is 20.6. The van der Waals surface area contributed by atoms with Crippen molar-refractivity contribution in [3.05, 3.63) is 82.8 Å². The van der Waals surface area contributed by atoms with E-state index in [1.54, 1.807) is 37.3 Å². The highest BCUT2D eigenvalue weighted by Gasteiger charge is 2.34. The summed E-state index contributed by atoms with van der Waals surface area (Å²) in [7, 11) is -1.34. The SMILES string of the molecule is COc1ccc(OC)c(N(CC(=O)N(Cc2ccc(Br)cc2)[C@@H](C)C(=O)NC2CCCCC2)S(=O)(=O)c2ccccc2)c1. The predicted molar refractivity (Wildman–Crippen MR) is 170 cm³/mol. The molecule has 0 heterocycles. The Hall–Kier alpha value is -3.57. The maximum atomic E-state index is 14.2. The summed E-state index contributed by atoms with van der Waals surface area (Å²) >= 11 is 3.44. The van der Waals surface area contributed by atoms with Gasteiger partial charge in [-0.3, -0.25) is 13.9 Å². The lowest BCUT2D eigenvalue weighted by atomic mass is 9.95. The molecule has 0 radical (unpaired) electrons. The molecule has 0 aromatic heterocycles. The molecular formula is C32H38BrN3O6S. The van der Waals surface area contributed by atoms with Crippen molar-refractivity contribution in [3.8, 4) is 11.5 Å². The summed E-state index contributed by atoms with van der Waals surface area (Å²) in [6.07, 6.45) is 5.05. The zero-order valence-corrected chi connectivity index (χ0v) is 27.1. The third kappa shape index (κ3) is 8.08. The summed E-state index contributed by atoms with van der Waals surface area (Å²) < 4.78 is 41.0. The number of sulfonamides is 1. The quantitative estimate of drug-likeness (QED) is 0.272. The van der Waals surface area contributed by atoms with Crippen molar-refractivity contribution in [1.29, 1.82) is 0 Å². The molecule has 2 amide bonds. The molecule has 0 bridgehead atoms. The van der Waals surface area contributed by atoms with E-state index in [4.69, 9.17) is 9.47 Å². The Kier molecular flexibility index (Phi) is 11.1. The molecule has 0 saturated heterocycles. The van der Waals surface area contributed by atoms with Crippen molar-refractivity contribution in [3.63, 3.8) is 0 Å². The van der Waals surface area contributed by atoms with Crippen LogP contribution in [-0.4, -0.2) is 58.0 Å². The Morgan fingerprint density at radius 3 is 2.26 bits per heavy atom. The van der Waals surface area contributed by atoms with Gasteiger partial charge in [-0.25, -0.2) is 8.42 Å². The lowest BCUT2D eigenvalue weighted by Crippen LogP contribution is -2.53. The van der Waals surface area contributed by atoms with Gasteiger partial charge in [-0.15, -0.1) is 0 Å². The largest absolute Gasteiger partial charge is 0.497 e. The van der Waals surface area contributed by atoms with Gasteiger partial charge in [0.25, 0.3) is 10.0 Å². The summed E-state index contributed by atoms with van der Waals surface area (Å²) in [6, 6.07) is 19.3. The topological polar surface area (TPSA) is 105 Å². The second-order valence-electron chi connectivity index (χ2n) is 10.5. The summed E-state index contributed by atoms with van der Waals surface area (Å²) in [6.45, 7) is 1.22. The van der Waals surface area contributed by atoms with Gasteiger partial charge >= 0.3 is 0 Å². The molecule has 1 atom stereocenters. The van der Waals surface area contributed by atoms with Crippen molar-refractivity contribution < 1.29 is 27.5 Å². The van der Waals surface area contributed by atoms with Gasteiger partial charge in [-0.2, -0.15) is 0 Å². The van der Waals surface area contributed by atoms with Crippen molar-refractivity contribution in [2.24, 2.45) is 0 Å². The van der Waals surface area contributed by atoms with E-state index in [2.05, 4.69) is 21.2 Å². The Morgan fingerprint density at radius 2 is 1.63 bits per heavy atom. The number of benzene rings is 3. The van der Waals surface area contributed by atoms with Crippen LogP contribution in [0.3, 0.4) is 0 Å². The molecule has 43 heavy (non-hydrogen) atoms. The maximum absolute atomic E-state index is 14.2. The highest BCUT2D eigenvalue weighted by atomic mass is 79.9. The van der Waals surface area contributed by atoms with E-state index in [1.807, 2.05) is 24.3 Å². The molecular weight excluding hydrogens is 634 g/mol. The van der Waals surface area contributed by atoms with Gasteiger partial charge in [-0.1, -0.05) is 65.5 Å². The molecule has 1 aliphatic carbocycles. The van der Waals surface area contributed by atoms with Crippen LogP contribution < -0.4 is 19.1 Å². The van der Waals surface area contributed by atoms with Crippen molar-refractivity contribution in [2.75, 3.05) is 25.1 Å². The molecule has 230 valence electrons. The number of nitrogens with one attached hydrogen (secondary N) is 1. The number of rotatable bonds is 12. The van der Waals surface area contributed by atoms with Gasteiger partial charge in [-0.05, 0) is 61.7 Å². The van der Waals surface area contributed by atoms with Gasteiger partial charge in [0, 0.05) is 23.1 Å².